The van der Waals surface area contributed by atoms with Gasteiger partial charge in [0.2, 0.25) is 5.91 Å². The van der Waals surface area contributed by atoms with Gasteiger partial charge in [-0.15, -0.1) is 0 Å². The van der Waals surface area contributed by atoms with E-state index in [2.05, 4.69) is 5.32 Å². The van der Waals surface area contributed by atoms with Crippen LogP contribution >= 0.6 is 0 Å². The molecule has 0 bridgehead atoms. The number of carbonyl (C=O) groups excluding carboxylic acids is 2. The van der Waals surface area contributed by atoms with Crippen molar-refractivity contribution >= 4 is 33.2 Å². The van der Waals surface area contributed by atoms with Gasteiger partial charge >= 0.3 is 5.97 Å². The van der Waals surface area contributed by atoms with Gasteiger partial charge in [0.05, 0.1) is 12.0 Å². The van der Waals surface area contributed by atoms with Gasteiger partial charge in [-0.05, 0) is 37.1 Å². The van der Waals surface area contributed by atoms with Gasteiger partial charge in [-0.1, -0.05) is 66.2 Å². The molecular formula is C26H24N2O5S. The SMILES string of the molecule is COC(=O)C1=C(c2ccccc2)c2ccccc2S(=O)(=O)N1CC(=O)Nc1ccc(C)cc1C. The number of nitrogens with one attached hydrogen (secondary N) is 1. The predicted octanol–water partition coefficient (Wildman–Crippen LogP) is 3.88. The fourth-order valence-electron chi connectivity index (χ4n) is 4.02. The highest BCUT2D eigenvalue weighted by molar-refractivity contribution is 7.89. The number of aryl methyl sites for hydroxylation is 2. The van der Waals surface area contributed by atoms with Crippen LogP contribution in [0.15, 0.2) is 83.4 Å². The average Bonchev–Trinajstić information content (AvgIpc) is 2.82. The lowest BCUT2D eigenvalue weighted by Crippen LogP contribution is -2.43. The Balaban J connectivity index is 1.86. The minimum atomic E-state index is -4.22. The molecule has 0 aliphatic carbocycles. The molecule has 0 fully saturated rings. The number of amides is 1. The number of hydrogen-bond donors (Lipinski definition) is 1. The van der Waals surface area contributed by atoms with Gasteiger partial charge in [-0.25, -0.2) is 17.5 Å². The Kier molecular flexibility index (Phi) is 6.26. The molecule has 0 saturated carbocycles. The van der Waals surface area contributed by atoms with E-state index >= 15 is 0 Å². The van der Waals surface area contributed by atoms with Gasteiger partial charge in [-0.3, -0.25) is 4.79 Å². The molecule has 0 aromatic heterocycles. The summed E-state index contributed by atoms with van der Waals surface area (Å²) in [7, 11) is -3.04. The Morgan fingerprint density at radius 3 is 2.29 bits per heavy atom. The van der Waals surface area contributed by atoms with Crippen molar-refractivity contribution < 1.29 is 22.7 Å². The third-order valence-electron chi connectivity index (χ3n) is 5.60. The number of carbonyl (C=O) groups is 2. The largest absolute Gasteiger partial charge is 0.464 e. The van der Waals surface area contributed by atoms with E-state index in [1.54, 1.807) is 48.5 Å². The van der Waals surface area contributed by atoms with Crippen LogP contribution in [-0.4, -0.2) is 38.3 Å². The molecule has 0 unspecified atom stereocenters. The number of methoxy groups -OCH3 is 1. The summed E-state index contributed by atoms with van der Waals surface area (Å²) >= 11 is 0. The summed E-state index contributed by atoms with van der Waals surface area (Å²) in [6, 6.07) is 20.9. The van der Waals surface area contributed by atoms with Crippen LogP contribution in [0, 0.1) is 13.8 Å². The molecule has 4 rings (SSSR count). The van der Waals surface area contributed by atoms with Crippen LogP contribution in [-0.2, 0) is 24.3 Å². The third-order valence-corrected chi connectivity index (χ3v) is 7.40. The second kappa shape index (κ2) is 9.15. The number of benzene rings is 3. The van der Waals surface area contributed by atoms with Crippen molar-refractivity contribution in [1.82, 2.24) is 4.31 Å². The minimum absolute atomic E-state index is 0.0147. The highest BCUT2D eigenvalue weighted by atomic mass is 32.2. The molecule has 1 amide bonds. The van der Waals surface area contributed by atoms with Crippen LogP contribution in [0.2, 0.25) is 0 Å². The van der Waals surface area contributed by atoms with Crippen LogP contribution in [0.3, 0.4) is 0 Å². The molecule has 0 atom stereocenters. The van der Waals surface area contributed by atoms with Gasteiger partial charge in [0.25, 0.3) is 10.0 Å². The monoisotopic (exact) mass is 476 g/mol. The summed E-state index contributed by atoms with van der Waals surface area (Å²) in [5, 5.41) is 2.76. The zero-order valence-corrected chi connectivity index (χ0v) is 19.8. The standard InChI is InChI=1S/C26H24N2O5S/c1-17-13-14-21(18(2)15-17)27-23(29)16-28-25(26(30)33-3)24(19-9-5-4-6-10-19)20-11-7-8-12-22(20)34(28,31)32/h4-15H,16H2,1-3H3,(H,27,29). The molecule has 7 nitrogen and oxygen atoms in total. The second-order valence-corrected chi connectivity index (χ2v) is 9.79. The van der Waals surface area contributed by atoms with E-state index in [4.69, 9.17) is 4.74 Å². The number of nitrogens with zero attached hydrogens (tertiary/aromatic N) is 1. The first-order valence-corrected chi connectivity index (χ1v) is 12.1. The highest BCUT2D eigenvalue weighted by Crippen LogP contribution is 2.40. The van der Waals surface area contributed by atoms with Crippen molar-refractivity contribution in [3.05, 3.63) is 101 Å². The molecule has 1 aliphatic rings. The fourth-order valence-corrected chi connectivity index (χ4v) is 5.65. The maximum absolute atomic E-state index is 13.6. The summed E-state index contributed by atoms with van der Waals surface area (Å²) in [5.74, 6) is -1.43. The van der Waals surface area contributed by atoms with E-state index in [9.17, 15) is 18.0 Å². The predicted molar refractivity (Wildman–Crippen MR) is 129 cm³/mol. The zero-order chi connectivity index (χ0) is 24.5. The molecule has 0 radical (unpaired) electrons. The number of fused-ring (bicyclic) bond motifs is 1. The molecule has 1 heterocycles. The zero-order valence-electron chi connectivity index (χ0n) is 19.0. The molecule has 174 valence electrons. The Morgan fingerprint density at radius 2 is 1.62 bits per heavy atom. The summed E-state index contributed by atoms with van der Waals surface area (Å²) < 4.78 is 33.0. The smallest absolute Gasteiger partial charge is 0.356 e. The van der Waals surface area contributed by atoms with Crippen LogP contribution in [0.25, 0.3) is 5.57 Å². The van der Waals surface area contributed by atoms with Gasteiger partial charge in [0, 0.05) is 16.8 Å². The lowest BCUT2D eigenvalue weighted by atomic mass is 9.95. The number of ether oxygens (including phenoxy) is 1. The van der Waals surface area contributed by atoms with Crippen LogP contribution < -0.4 is 5.32 Å². The molecular weight excluding hydrogens is 452 g/mol. The van der Waals surface area contributed by atoms with Gasteiger partial charge in [0.1, 0.15) is 12.2 Å². The molecule has 3 aromatic rings. The Morgan fingerprint density at radius 1 is 0.941 bits per heavy atom. The first-order valence-electron chi connectivity index (χ1n) is 10.6. The van der Waals surface area contributed by atoms with Crippen molar-refractivity contribution in [2.24, 2.45) is 0 Å². The number of hydrogen-bond acceptors (Lipinski definition) is 5. The fraction of sp³-hybridized carbons (Fsp3) is 0.154. The molecule has 3 aromatic carbocycles. The molecule has 1 N–H and O–H groups in total. The lowest BCUT2D eigenvalue weighted by Gasteiger charge is -2.32. The van der Waals surface area contributed by atoms with E-state index in [0.717, 1.165) is 15.4 Å². The quantitative estimate of drug-likeness (QED) is 0.564. The second-order valence-electron chi connectivity index (χ2n) is 7.96. The van der Waals surface area contributed by atoms with Crippen molar-refractivity contribution in [2.45, 2.75) is 18.7 Å². The van der Waals surface area contributed by atoms with Crippen LogP contribution in [0.4, 0.5) is 5.69 Å². The average molecular weight is 477 g/mol. The normalized spacial score (nSPS) is 14.4. The Bertz CT molecular complexity index is 1410. The van der Waals surface area contributed by atoms with E-state index < -0.39 is 28.4 Å². The highest BCUT2D eigenvalue weighted by Gasteiger charge is 2.41. The number of esters is 1. The molecule has 0 spiro atoms. The molecule has 34 heavy (non-hydrogen) atoms. The molecule has 1 aliphatic heterocycles. The summed E-state index contributed by atoms with van der Waals surface area (Å²) in [4.78, 5) is 26.0. The minimum Gasteiger partial charge on any atom is -0.464 e. The van der Waals surface area contributed by atoms with E-state index in [-0.39, 0.29) is 10.6 Å². The van der Waals surface area contributed by atoms with Gasteiger partial charge in [-0.2, -0.15) is 0 Å². The Hall–Kier alpha value is -3.91. The molecule has 8 heteroatoms. The summed E-state index contributed by atoms with van der Waals surface area (Å²) in [6.07, 6.45) is 0. The summed E-state index contributed by atoms with van der Waals surface area (Å²) in [5.41, 5.74) is 3.63. The number of anilines is 1. The lowest BCUT2D eigenvalue weighted by molar-refractivity contribution is -0.137. The van der Waals surface area contributed by atoms with Crippen LogP contribution in [0.5, 0.6) is 0 Å². The van der Waals surface area contributed by atoms with Crippen molar-refractivity contribution in [3.8, 4) is 0 Å². The van der Waals surface area contributed by atoms with Crippen LogP contribution in [0.1, 0.15) is 22.3 Å². The van der Waals surface area contributed by atoms with Gasteiger partial charge in [0.15, 0.2) is 0 Å². The van der Waals surface area contributed by atoms with Crippen molar-refractivity contribution in [3.63, 3.8) is 0 Å². The van der Waals surface area contributed by atoms with Crippen molar-refractivity contribution in [2.75, 3.05) is 19.0 Å². The first kappa shape index (κ1) is 23.3. The van der Waals surface area contributed by atoms with E-state index in [0.29, 0.717) is 22.4 Å². The molecule has 0 saturated heterocycles. The first-order chi connectivity index (χ1) is 16.2. The number of sulfonamides is 1. The third kappa shape index (κ3) is 4.20. The Labute approximate surface area is 198 Å². The maximum atomic E-state index is 13.6. The topological polar surface area (TPSA) is 92.8 Å². The van der Waals surface area contributed by atoms with Crippen molar-refractivity contribution in [1.29, 1.82) is 0 Å². The van der Waals surface area contributed by atoms with E-state index in [1.165, 1.54) is 13.2 Å². The maximum Gasteiger partial charge on any atom is 0.356 e. The van der Waals surface area contributed by atoms with E-state index in [1.807, 2.05) is 32.0 Å². The summed E-state index contributed by atoms with van der Waals surface area (Å²) in [6.45, 7) is 3.20. The number of rotatable bonds is 5. The van der Waals surface area contributed by atoms with Gasteiger partial charge < -0.3 is 10.1 Å².